The first-order chi connectivity index (χ1) is 12.5. The van der Waals surface area contributed by atoms with Gasteiger partial charge in [-0.25, -0.2) is 0 Å². The molecule has 3 rings (SSSR count). The number of hydrogen-bond donors (Lipinski definition) is 1. The average molecular weight is 351 g/mol. The molecule has 1 aliphatic heterocycles. The third kappa shape index (κ3) is 4.38. The molecule has 0 spiro atoms. The van der Waals surface area contributed by atoms with Crippen molar-refractivity contribution in [3.05, 3.63) is 71.3 Å². The maximum absolute atomic E-state index is 12.4. The van der Waals surface area contributed by atoms with E-state index in [0.717, 1.165) is 32.4 Å². The van der Waals surface area contributed by atoms with Gasteiger partial charge in [0.25, 0.3) is 0 Å². The number of carboxylic acid groups (broad SMARTS) is 1. The van der Waals surface area contributed by atoms with E-state index in [-0.39, 0.29) is 11.8 Å². The molecule has 0 aliphatic carbocycles. The van der Waals surface area contributed by atoms with Gasteiger partial charge in [0.1, 0.15) is 6.04 Å². The van der Waals surface area contributed by atoms with Gasteiger partial charge in [0.15, 0.2) is 5.78 Å². The third-order valence-electron chi connectivity index (χ3n) is 5.03. The monoisotopic (exact) mass is 351 g/mol. The van der Waals surface area contributed by atoms with E-state index in [4.69, 9.17) is 0 Å². The highest BCUT2D eigenvalue weighted by Gasteiger charge is 2.30. The van der Waals surface area contributed by atoms with Crippen LogP contribution in [0.15, 0.2) is 54.6 Å². The topological polar surface area (TPSA) is 57.6 Å². The molecule has 136 valence electrons. The normalized spacial score (nSPS) is 18.6. The van der Waals surface area contributed by atoms with Gasteiger partial charge in [-0.05, 0) is 37.3 Å². The lowest BCUT2D eigenvalue weighted by Gasteiger charge is -2.24. The van der Waals surface area contributed by atoms with Crippen LogP contribution in [0.4, 0.5) is 0 Å². The lowest BCUT2D eigenvalue weighted by atomic mass is 9.97. The van der Waals surface area contributed by atoms with Crippen LogP contribution in [0.1, 0.15) is 41.3 Å². The highest BCUT2D eigenvalue weighted by Crippen LogP contribution is 2.21. The van der Waals surface area contributed by atoms with Crippen LogP contribution in [-0.4, -0.2) is 40.9 Å². The summed E-state index contributed by atoms with van der Waals surface area (Å²) in [5.41, 5.74) is 2.56. The van der Waals surface area contributed by atoms with Gasteiger partial charge in [0.2, 0.25) is 0 Å². The second-order valence-electron chi connectivity index (χ2n) is 7.19. The van der Waals surface area contributed by atoms with Gasteiger partial charge in [-0.15, -0.1) is 0 Å². The van der Waals surface area contributed by atoms with Crippen LogP contribution in [0.3, 0.4) is 0 Å². The number of nitrogens with zero attached hydrogens (tertiary/aromatic N) is 1. The Kier molecular flexibility index (Phi) is 5.84. The van der Waals surface area contributed by atoms with Gasteiger partial charge in [-0.3, -0.25) is 14.5 Å². The molecular weight excluding hydrogens is 326 g/mol. The fourth-order valence-electron chi connectivity index (χ4n) is 3.74. The number of carboxylic acids is 1. The van der Waals surface area contributed by atoms with Crippen LogP contribution < -0.4 is 0 Å². The molecule has 1 N–H and O–H groups in total. The van der Waals surface area contributed by atoms with Gasteiger partial charge >= 0.3 is 5.97 Å². The van der Waals surface area contributed by atoms with Crippen molar-refractivity contribution in [3.8, 4) is 0 Å². The molecule has 0 radical (unpaired) electrons. The zero-order valence-corrected chi connectivity index (χ0v) is 15.1. The van der Waals surface area contributed by atoms with E-state index in [9.17, 15) is 14.7 Å². The first-order valence-corrected chi connectivity index (χ1v) is 9.20. The molecule has 1 saturated heterocycles. The minimum Gasteiger partial charge on any atom is -0.480 e. The molecule has 2 atom stereocenters. The van der Waals surface area contributed by atoms with Gasteiger partial charge in [-0.2, -0.15) is 0 Å². The van der Waals surface area contributed by atoms with Crippen molar-refractivity contribution >= 4 is 11.8 Å². The van der Waals surface area contributed by atoms with Crippen molar-refractivity contribution < 1.29 is 14.7 Å². The van der Waals surface area contributed by atoms with E-state index in [1.807, 2.05) is 54.6 Å². The standard InChI is InChI=1S/C22H25NO3/c1-16(15-23-13-5-8-20(23)22(25)26)14-17-9-11-19(12-10-17)21(24)18-6-3-2-4-7-18/h2-4,6-7,9-12,16,20H,5,8,13-15H2,1H3,(H,25,26)/t16-,20-/m0/s1. The fourth-order valence-corrected chi connectivity index (χ4v) is 3.74. The Morgan fingerprint density at radius 2 is 1.73 bits per heavy atom. The maximum Gasteiger partial charge on any atom is 0.320 e. The van der Waals surface area contributed by atoms with E-state index >= 15 is 0 Å². The molecule has 1 fully saturated rings. The molecule has 4 heteroatoms. The first-order valence-electron chi connectivity index (χ1n) is 9.20. The molecule has 0 aromatic heterocycles. The smallest absolute Gasteiger partial charge is 0.320 e. The number of hydrogen-bond acceptors (Lipinski definition) is 3. The second-order valence-corrected chi connectivity index (χ2v) is 7.19. The average Bonchev–Trinajstić information content (AvgIpc) is 3.11. The first kappa shape index (κ1) is 18.3. The van der Waals surface area contributed by atoms with E-state index in [1.54, 1.807) is 0 Å². The summed E-state index contributed by atoms with van der Waals surface area (Å²) >= 11 is 0. The molecule has 0 unspecified atom stereocenters. The summed E-state index contributed by atoms with van der Waals surface area (Å²) in [6.07, 6.45) is 2.58. The SMILES string of the molecule is C[C@@H](Cc1ccc(C(=O)c2ccccc2)cc1)CN1CCC[C@H]1C(=O)O. The summed E-state index contributed by atoms with van der Waals surface area (Å²) < 4.78 is 0. The highest BCUT2D eigenvalue weighted by molar-refractivity contribution is 6.08. The predicted octanol–water partition coefficient (Wildman–Crippen LogP) is 3.65. The van der Waals surface area contributed by atoms with Crippen LogP contribution in [-0.2, 0) is 11.2 Å². The Morgan fingerprint density at radius 1 is 1.08 bits per heavy atom. The van der Waals surface area contributed by atoms with Crippen molar-refractivity contribution in [2.24, 2.45) is 5.92 Å². The number of likely N-dealkylation sites (tertiary alicyclic amines) is 1. The van der Waals surface area contributed by atoms with Crippen molar-refractivity contribution in [2.45, 2.75) is 32.2 Å². The summed E-state index contributed by atoms with van der Waals surface area (Å²) in [5, 5.41) is 9.29. The summed E-state index contributed by atoms with van der Waals surface area (Å²) in [6, 6.07) is 16.7. The van der Waals surface area contributed by atoms with E-state index in [2.05, 4.69) is 11.8 Å². The zero-order valence-electron chi connectivity index (χ0n) is 15.1. The summed E-state index contributed by atoms with van der Waals surface area (Å²) in [7, 11) is 0. The number of carbonyl (C=O) groups is 2. The van der Waals surface area contributed by atoms with Crippen LogP contribution in [0.25, 0.3) is 0 Å². The van der Waals surface area contributed by atoms with Gasteiger partial charge in [0.05, 0.1) is 0 Å². The van der Waals surface area contributed by atoms with Gasteiger partial charge in [0, 0.05) is 17.7 Å². The molecule has 2 aromatic rings. The molecule has 0 amide bonds. The number of carbonyl (C=O) groups excluding carboxylic acids is 1. The van der Waals surface area contributed by atoms with E-state index < -0.39 is 5.97 Å². The Morgan fingerprint density at radius 3 is 2.38 bits per heavy atom. The summed E-state index contributed by atoms with van der Waals surface area (Å²) in [5.74, 6) is -0.310. The van der Waals surface area contributed by atoms with Gasteiger partial charge in [-0.1, -0.05) is 61.5 Å². The third-order valence-corrected chi connectivity index (χ3v) is 5.03. The Hall–Kier alpha value is -2.46. The predicted molar refractivity (Wildman–Crippen MR) is 101 cm³/mol. The van der Waals surface area contributed by atoms with Crippen molar-refractivity contribution in [3.63, 3.8) is 0 Å². The largest absolute Gasteiger partial charge is 0.480 e. The molecule has 4 nitrogen and oxygen atoms in total. The van der Waals surface area contributed by atoms with Crippen LogP contribution >= 0.6 is 0 Å². The van der Waals surface area contributed by atoms with Gasteiger partial charge < -0.3 is 5.11 Å². The molecule has 1 aliphatic rings. The number of aliphatic carboxylic acids is 1. The lowest BCUT2D eigenvalue weighted by Crippen LogP contribution is -2.38. The maximum atomic E-state index is 12.4. The van der Waals surface area contributed by atoms with E-state index in [1.165, 1.54) is 5.56 Å². The second kappa shape index (κ2) is 8.28. The molecular formula is C22H25NO3. The number of rotatable bonds is 7. The molecule has 26 heavy (non-hydrogen) atoms. The van der Waals surface area contributed by atoms with Crippen molar-refractivity contribution in [2.75, 3.05) is 13.1 Å². The Labute approximate surface area is 154 Å². The highest BCUT2D eigenvalue weighted by atomic mass is 16.4. The Balaban J connectivity index is 1.59. The minimum absolute atomic E-state index is 0.0339. The van der Waals surface area contributed by atoms with E-state index in [0.29, 0.717) is 17.0 Å². The van der Waals surface area contributed by atoms with Crippen molar-refractivity contribution in [1.82, 2.24) is 4.90 Å². The van der Waals surface area contributed by atoms with Crippen LogP contribution in [0.5, 0.6) is 0 Å². The number of ketones is 1. The molecule has 0 saturated carbocycles. The minimum atomic E-state index is -0.710. The Bertz CT molecular complexity index is 755. The van der Waals surface area contributed by atoms with Crippen LogP contribution in [0.2, 0.25) is 0 Å². The fraction of sp³-hybridized carbons (Fsp3) is 0.364. The summed E-state index contributed by atoms with van der Waals surface area (Å²) in [6.45, 7) is 3.81. The molecule has 0 bridgehead atoms. The van der Waals surface area contributed by atoms with Crippen LogP contribution in [0, 0.1) is 5.92 Å². The molecule has 2 aromatic carbocycles. The number of benzene rings is 2. The summed E-state index contributed by atoms with van der Waals surface area (Å²) in [4.78, 5) is 25.8. The molecule has 1 heterocycles. The quantitative estimate of drug-likeness (QED) is 0.774. The van der Waals surface area contributed by atoms with Crippen molar-refractivity contribution in [1.29, 1.82) is 0 Å². The zero-order chi connectivity index (χ0) is 18.5. The lowest BCUT2D eigenvalue weighted by molar-refractivity contribution is -0.142.